The molecule has 0 spiro atoms. The highest BCUT2D eigenvalue weighted by Crippen LogP contribution is 2.27. The smallest absolute Gasteiger partial charge is 0.421 e. The third kappa shape index (κ3) is 3.84. The van der Waals surface area contributed by atoms with Crippen LogP contribution in [-0.4, -0.2) is 27.4 Å². The minimum Gasteiger partial charge on any atom is -0.493 e. The maximum Gasteiger partial charge on any atom is 0.421 e. The Hall–Kier alpha value is -1.95. The van der Waals surface area contributed by atoms with Gasteiger partial charge in [-0.1, -0.05) is 6.07 Å². The van der Waals surface area contributed by atoms with Crippen molar-refractivity contribution in [3.8, 4) is 11.5 Å². The molecule has 1 aromatic carbocycles. The zero-order valence-corrected chi connectivity index (χ0v) is 10.1. The molecule has 17 heavy (non-hydrogen) atoms. The van der Waals surface area contributed by atoms with Gasteiger partial charge in [-0.3, -0.25) is 5.43 Å². The number of carbonyl (C=O) groups excluding carboxylic acids is 1. The zero-order valence-electron chi connectivity index (χ0n) is 10.1. The third-order valence-corrected chi connectivity index (χ3v) is 2.12. The standard InChI is InChI=1S/C11H16N2O4/c1-15-9-5-4-8(6-10(9)16-2)7-12-13-11(14)17-3/h4-6,12H,7H2,1-3H3,(H,13,14). The molecule has 0 bridgehead atoms. The summed E-state index contributed by atoms with van der Waals surface area (Å²) in [6, 6.07) is 5.49. The fourth-order valence-electron chi connectivity index (χ4n) is 1.26. The first-order chi connectivity index (χ1) is 8.21. The average molecular weight is 240 g/mol. The number of methoxy groups -OCH3 is 3. The number of amides is 1. The molecule has 0 aromatic heterocycles. The van der Waals surface area contributed by atoms with Gasteiger partial charge in [0.2, 0.25) is 0 Å². The molecule has 6 nitrogen and oxygen atoms in total. The van der Waals surface area contributed by atoms with E-state index in [9.17, 15) is 4.79 Å². The largest absolute Gasteiger partial charge is 0.493 e. The van der Waals surface area contributed by atoms with Crippen molar-refractivity contribution in [3.05, 3.63) is 23.8 Å². The van der Waals surface area contributed by atoms with Crippen LogP contribution in [0.5, 0.6) is 11.5 Å². The number of benzene rings is 1. The molecule has 1 aromatic rings. The summed E-state index contributed by atoms with van der Waals surface area (Å²) in [7, 11) is 4.45. The molecule has 2 N–H and O–H groups in total. The lowest BCUT2D eigenvalue weighted by Crippen LogP contribution is -2.36. The second-order valence-corrected chi connectivity index (χ2v) is 3.16. The van der Waals surface area contributed by atoms with Crippen LogP contribution in [0.15, 0.2) is 18.2 Å². The number of hydrazine groups is 1. The van der Waals surface area contributed by atoms with Crippen molar-refractivity contribution in [1.29, 1.82) is 0 Å². The summed E-state index contributed by atoms with van der Waals surface area (Å²) >= 11 is 0. The topological polar surface area (TPSA) is 68.8 Å². The van der Waals surface area contributed by atoms with Crippen LogP contribution in [0.4, 0.5) is 4.79 Å². The molecule has 0 saturated heterocycles. The number of hydrogen-bond acceptors (Lipinski definition) is 5. The zero-order chi connectivity index (χ0) is 12.7. The van der Waals surface area contributed by atoms with E-state index in [1.165, 1.54) is 7.11 Å². The van der Waals surface area contributed by atoms with Gasteiger partial charge >= 0.3 is 6.09 Å². The number of ether oxygens (including phenoxy) is 3. The molecule has 0 unspecified atom stereocenters. The molecule has 0 radical (unpaired) electrons. The van der Waals surface area contributed by atoms with Crippen molar-refractivity contribution < 1.29 is 19.0 Å². The molecule has 0 fully saturated rings. The lowest BCUT2D eigenvalue weighted by Gasteiger charge is -2.10. The van der Waals surface area contributed by atoms with Crippen LogP contribution in [0.25, 0.3) is 0 Å². The molecular formula is C11H16N2O4. The molecule has 0 aliphatic heterocycles. The third-order valence-electron chi connectivity index (χ3n) is 2.12. The Morgan fingerprint density at radius 2 is 1.88 bits per heavy atom. The predicted octanol–water partition coefficient (Wildman–Crippen LogP) is 1.06. The van der Waals surface area contributed by atoms with Crippen LogP contribution in [0.2, 0.25) is 0 Å². The van der Waals surface area contributed by atoms with E-state index < -0.39 is 6.09 Å². The molecule has 1 rings (SSSR count). The van der Waals surface area contributed by atoms with E-state index in [0.29, 0.717) is 18.0 Å². The quantitative estimate of drug-likeness (QED) is 0.753. The van der Waals surface area contributed by atoms with E-state index >= 15 is 0 Å². The van der Waals surface area contributed by atoms with Gasteiger partial charge in [0.1, 0.15) is 0 Å². The highest BCUT2D eigenvalue weighted by molar-refractivity contribution is 5.66. The van der Waals surface area contributed by atoms with Crippen molar-refractivity contribution in [1.82, 2.24) is 10.9 Å². The lowest BCUT2D eigenvalue weighted by atomic mass is 10.2. The van der Waals surface area contributed by atoms with Crippen LogP contribution >= 0.6 is 0 Å². The Morgan fingerprint density at radius 3 is 2.47 bits per heavy atom. The molecular weight excluding hydrogens is 224 g/mol. The number of hydrogen-bond donors (Lipinski definition) is 2. The fourth-order valence-corrected chi connectivity index (χ4v) is 1.26. The molecule has 1 amide bonds. The minimum atomic E-state index is -0.537. The summed E-state index contributed by atoms with van der Waals surface area (Å²) in [4.78, 5) is 10.8. The Balaban J connectivity index is 2.57. The highest BCUT2D eigenvalue weighted by Gasteiger charge is 2.04. The van der Waals surface area contributed by atoms with Crippen molar-refractivity contribution in [2.75, 3.05) is 21.3 Å². The molecule has 0 atom stereocenters. The maximum absolute atomic E-state index is 10.8. The number of nitrogens with one attached hydrogen (secondary N) is 2. The second kappa shape index (κ2) is 6.59. The van der Waals surface area contributed by atoms with Gasteiger partial charge in [0.25, 0.3) is 0 Å². The first kappa shape index (κ1) is 13.1. The van der Waals surface area contributed by atoms with Crippen LogP contribution in [0, 0.1) is 0 Å². The Labute approximate surface area is 99.8 Å². The number of carbonyl (C=O) groups is 1. The summed E-state index contributed by atoms with van der Waals surface area (Å²) in [5.74, 6) is 1.31. The van der Waals surface area contributed by atoms with E-state index in [4.69, 9.17) is 9.47 Å². The predicted molar refractivity (Wildman–Crippen MR) is 61.9 cm³/mol. The molecule has 6 heteroatoms. The summed E-state index contributed by atoms with van der Waals surface area (Å²) in [5.41, 5.74) is 6.03. The Kier molecular flexibility index (Phi) is 5.09. The van der Waals surface area contributed by atoms with Crippen LogP contribution < -0.4 is 20.3 Å². The lowest BCUT2D eigenvalue weighted by molar-refractivity contribution is 0.165. The van der Waals surface area contributed by atoms with Gasteiger partial charge in [-0.25, -0.2) is 10.2 Å². The summed E-state index contributed by atoms with van der Waals surface area (Å²) in [6.07, 6.45) is -0.537. The van der Waals surface area contributed by atoms with E-state index in [1.54, 1.807) is 20.3 Å². The fraction of sp³-hybridized carbons (Fsp3) is 0.364. The van der Waals surface area contributed by atoms with Crippen LogP contribution in [-0.2, 0) is 11.3 Å². The molecule has 0 aliphatic rings. The van der Waals surface area contributed by atoms with Gasteiger partial charge in [0.15, 0.2) is 11.5 Å². The normalized spacial score (nSPS) is 9.59. The van der Waals surface area contributed by atoms with Crippen molar-refractivity contribution in [3.63, 3.8) is 0 Å². The van der Waals surface area contributed by atoms with Gasteiger partial charge in [-0.2, -0.15) is 0 Å². The molecule has 94 valence electrons. The van der Waals surface area contributed by atoms with Crippen LogP contribution in [0.3, 0.4) is 0 Å². The average Bonchev–Trinajstić information content (AvgIpc) is 2.38. The van der Waals surface area contributed by atoms with E-state index in [-0.39, 0.29) is 0 Å². The van der Waals surface area contributed by atoms with Crippen LogP contribution in [0.1, 0.15) is 5.56 Å². The van der Waals surface area contributed by atoms with Gasteiger partial charge in [-0.05, 0) is 17.7 Å². The number of rotatable bonds is 5. The monoisotopic (exact) mass is 240 g/mol. The summed E-state index contributed by atoms with van der Waals surface area (Å²) in [6.45, 7) is 0.454. The van der Waals surface area contributed by atoms with E-state index in [1.807, 2.05) is 12.1 Å². The first-order valence-electron chi connectivity index (χ1n) is 4.99. The highest BCUT2D eigenvalue weighted by atomic mass is 16.5. The first-order valence-corrected chi connectivity index (χ1v) is 4.99. The van der Waals surface area contributed by atoms with Gasteiger partial charge < -0.3 is 14.2 Å². The summed E-state index contributed by atoms with van der Waals surface area (Å²) < 4.78 is 14.7. The van der Waals surface area contributed by atoms with Gasteiger partial charge in [0, 0.05) is 6.54 Å². The SMILES string of the molecule is COC(=O)NNCc1ccc(OC)c(OC)c1. The van der Waals surface area contributed by atoms with E-state index in [0.717, 1.165) is 5.56 Å². The molecule has 0 aliphatic carbocycles. The Bertz CT molecular complexity index is 382. The molecule has 0 heterocycles. The molecule has 0 saturated carbocycles. The van der Waals surface area contributed by atoms with Gasteiger partial charge in [-0.15, -0.1) is 0 Å². The van der Waals surface area contributed by atoms with E-state index in [2.05, 4.69) is 15.6 Å². The second-order valence-electron chi connectivity index (χ2n) is 3.16. The Morgan fingerprint density at radius 1 is 1.18 bits per heavy atom. The minimum absolute atomic E-state index is 0.454. The summed E-state index contributed by atoms with van der Waals surface area (Å²) in [5, 5.41) is 0. The maximum atomic E-state index is 10.8. The van der Waals surface area contributed by atoms with Crippen molar-refractivity contribution in [2.45, 2.75) is 6.54 Å². The van der Waals surface area contributed by atoms with Gasteiger partial charge in [0.05, 0.1) is 21.3 Å². The van der Waals surface area contributed by atoms with Crippen molar-refractivity contribution >= 4 is 6.09 Å². The van der Waals surface area contributed by atoms with Crippen molar-refractivity contribution in [2.24, 2.45) is 0 Å².